The van der Waals surface area contributed by atoms with E-state index in [-0.39, 0.29) is 12.7 Å². The molecule has 0 aliphatic heterocycles. The molecule has 0 saturated heterocycles. The molecule has 0 spiro atoms. The highest BCUT2D eigenvalue weighted by Crippen LogP contribution is 2.27. The van der Waals surface area contributed by atoms with Crippen LogP contribution in [0.5, 0.6) is 5.75 Å². The zero-order valence-electron chi connectivity index (χ0n) is 11.1. The highest BCUT2D eigenvalue weighted by molar-refractivity contribution is 5.86. The Kier molecular flexibility index (Phi) is 4.26. The second-order valence-electron chi connectivity index (χ2n) is 4.80. The van der Waals surface area contributed by atoms with Crippen LogP contribution < -0.4 is 4.74 Å². The monoisotopic (exact) mass is 247 g/mol. The summed E-state index contributed by atoms with van der Waals surface area (Å²) in [5, 5.41) is 9.98. The Bertz CT molecular complexity index is 502. The lowest BCUT2D eigenvalue weighted by molar-refractivity contribution is 0.245. The van der Waals surface area contributed by atoms with Crippen LogP contribution in [0.15, 0.2) is 30.5 Å². The van der Waals surface area contributed by atoms with Crippen LogP contribution in [0, 0.1) is 0 Å². The van der Waals surface area contributed by atoms with Gasteiger partial charge in [0.05, 0.1) is 11.6 Å². The fourth-order valence-electron chi connectivity index (χ4n) is 2.14. The van der Waals surface area contributed by atoms with Gasteiger partial charge in [0, 0.05) is 24.7 Å². The number of nitrogens with zero attached hydrogens (tertiary/aromatic N) is 1. The molecule has 0 saturated carbocycles. The lowest BCUT2D eigenvalue weighted by atomic mass is 10.2. The fraction of sp³-hybridized carbons (Fsp3) is 0.467. The summed E-state index contributed by atoms with van der Waals surface area (Å²) in [6.07, 6.45) is 4.13. The van der Waals surface area contributed by atoms with Gasteiger partial charge in [-0.2, -0.15) is 0 Å². The summed E-state index contributed by atoms with van der Waals surface area (Å²) in [5.74, 6) is 0.948. The van der Waals surface area contributed by atoms with E-state index < -0.39 is 0 Å². The highest BCUT2D eigenvalue weighted by Gasteiger charge is 2.07. The van der Waals surface area contributed by atoms with Crippen molar-refractivity contribution in [3.05, 3.63) is 30.5 Å². The van der Waals surface area contributed by atoms with Crippen LogP contribution in [0.1, 0.15) is 26.7 Å². The molecule has 1 aromatic carbocycles. The van der Waals surface area contributed by atoms with Gasteiger partial charge in [-0.1, -0.05) is 6.07 Å². The van der Waals surface area contributed by atoms with Gasteiger partial charge in [0.25, 0.3) is 0 Å². The van der Waals surface area contributed by atoms with Crippen LogP contribution in [0.2, 0.25) is 0 Å². The summed E-state index contributed by atoms with van der Waals surface area (Å²) >= 11 is 0. The Balaban J connectivity index is 2.24. The Labute approximate surface area is 108 Å². The van der Waals surface area contributed by atoms with Crippen molar-refractivity contribution < 1.29 is 9.84 Å². The van der Waals surface area contributed by atoms with Crippen molar-refractivity contribution in [2.24, 2.45) is 0 Å². The average Bonchev–Trinajstić information content (AvgIpc) is 2.74. The van der Waals surface area contributed by atoms with Crippen molar-refractivity contribution in [3.63, 3.8) is 0 Å². The number of rotatable bonds is 6. The van der Waals surface area contributed by atoms with Crippen molar-refractivity contribution in [1.82, 2.24) is 4.57 Å². The summed E-state index contributed by atoms with van der Waals surface area (Å²) in [7, 11) is 0. The summed E-state index contributed by atoms with van der Waals surface area (Å²) in [5.41, 5.74) is 1.20. The molecule has 0 atom stereocenters. The molecule has 98 valence electrons. The van der Waals surface area contributed by atoms with Crippen molar-refractivity contribution in [1.29, 1.82) is 0 Å². The first-order valence-corrected chi connectivity index (χ1v) is 6.57. The van der Waals surface area contributed by atoms with Gasteiger partial charge in [-0.15, -0.1) is 0 Å². The first kappa shape index (κ1) is 13.0. The second kappa shape index (κ2) is 5.91. The largest absolute Gasteiger partial charge is 0.490 e. The summed E-state index contributed by atoms with van der Waals surface area (Å²) in [4.78, 5) is 0. The normalized spacial score (nSPS) is 11.3. The molecule has 18 heavy (non-hydrogen) atoms. The Morgan fingerprint density at radius 2 is 2.06 bits per heavy atom. The van der Waals surface area contributed by atoms with Crippen molar-refractivity contribution >= 4 is 10.9 Å². The molecule has 0 aliphatic carbocycles. The van der Waals surface area contributed by atoms with Crippen LogP contribution >= 0.6 is 0 Å². The molecule has 2 aromatic rings. The molecular formula is C15H21NO2. The summed E-state index contributed by atoms with van der Waals surface area (Å²) in [6, 6.07) is 8.26. The zero-order chi connectivity index (χ0) is 13.0. The highest BCUT2D eigenvalue weighted by atomic mass is 16.5. The third kappa shape index (κ3) is 2.85. The van der Waals surface area contributed by atoms with Crippen LogP contribution in [-0.4, -0.2) is 22.4 Å². The van der Waals surface area contributed by atoms with Crippen LogP contribution in [-0.2, 0) is 6.54 Å². The maximum atomic E-state index is 8.82. The number of aromatic nitrogens is 1. The topological polar surface area (TPSA) is 34.4 Å². The molecule has 1 N–H and O–H groups in total. The van der Waals surface area contributed by atoms with Crippen LogP contribution in [0.25, 0.3) is 10.9 Å². The summed E-state index contributed by atoms with van der Waals surface area (Å²) in [6.45, 7) is 5.28. The van der Waals surface area contributed by atoms with E-state index in [2.05, 4.69) is 22.9 Å². The standard InChI is InChI=1S/C15H21NO2/c1-12(2)18-15-7-5-6-14-13(15)8-10-16(14)9-3-4-11-17/h5-8,10,12,17H,3-4,9,11H2,1-2H3. The maximum absolute atomic E-state index is 8.82. The van der Waals surface area contributed by atoms with Gasteiger partial charge in [-0.3, -0.25) is 0 Å². The number of unbranched alkanes of at least 4 members (excludes halogenated alkanes) is 1. The molecule has 3 nitrogen and oxygen atoms in total. The van der Waals surface area contributed by atoms with Gasteiger partial charge in [-0.05, 0) is 44.9 Å². The minimum absolute atomic E-state index is 0.188. The van der Waals surface area contributed by atoms with E-state index in [1.807, 2.05) is 26.0 Å². The molecule has 0 unspecified atom stereocenters. The minimum Gasteiger partial charge on any atom is -0.490 e. The van der Waals surface area contributed by atoms with Crippen molar-refractivity contribution in [2.75, 3.05) is 6.61 Å². The number of fused-ring (bicyclic) bond motifs is 1. The number of aryl methyl sites for hydroxylation is 1. The molecule has 1 heterocycles. The number of aliphatic hydroxyl groups excluding tert-OH is 1. The van der Waals surface area contributed by atoms with E-state index in [1.165, 1.54) is 5.52 Å². The predicted octanol–water partition coefficient (Wildman–Crippen LogP) is 3.20. The molecule has 0 fully saturated rings. The summed E-state index contributed by atoms with van der Waals surface area (Å²) < 4.78 is 8.03. The van der Waals surface area contributed by atoms with E-state index in [1.54, 1.807) is 0 Å². The Morgan fingerprint density at radius 1 is 1.22 bits per heavy atom. The van der Waals surface area contributed by atoms with Crippen molar-refractivity contribution in [2.45, 2.75) is 39.3 Å². The fourth-order valence-corrected chi connectivity index (χ4v) is 2.14. The number of hydrogen-bond acceptors (Lipinski definition) is 2. The van der Waals surface area contributed by atoms with E-state index >= 15 is 0 Å². The SMILES string of the molecule is CC(C)Oc1cccc2c1ccn2CCCCO. The Hall–Kier alpha value is -1.48. The molecule has 0 amide bonds. The first-order chi connectivity index (χ1) is 8.72. The minimum atomic E-state index is 0.188. The van der Waals surface area contributed by atoms with Crippen molar-refractivity contribution in [3.8, 4) is 5.75 Å². The van der Waals surface area contributed by atoms with Gasteiger partial charge in [0.2, 0.25) is 0 Å². The van der Waals surface area contributed by atoms with E-state index in [9.17, 15) is 0 Å². The number of aliphatic hydroxyl groups is 1. The van der Waals surface area contributed by atoms with Gasteiger partial charge >= 0.3 is 0 Å². The number of hydrogen-bond donors (Lipinski definition) is 1. The van der Waals surface area contributed by atoms with Gasteiger partial charge in [-0.25, -0.2) is 0 Å². The average molecular weight is 247 g/mol. The maximum Gasteiger partial charge on any atom is 0.129 e. The van der Waals surface area contributed by atoms with Gasteiger partial charge < -0.3 is 14.4 Å². The molecule has 0 bridgehead atoms. The molecule has 3 heteroatoms. The van der Waals surface area contributed by atoms with E-state index in [4.69, 9.17) is 9.84 Å². The third-order valence-corrected chi connectivity index (χ3v) is 2.94. The lowest BCUT2D eigenvalue weighted by Crippen LogP contribution is -2.05. The molecular weight excluding hydrogens is 226 g/mol. The molecule has 1 aromatic heterocycles. The quantitative estimate of drug-likeness (QED) is 0.795. The smallest absolute Gasteiger partial charge is 0.129 e. The first-order valence-electron chi connectivity index (χ1n) is 6.57. The van der Waals surface area contributed by atoms with E-state index in [0.29, 0.717) is 0 Å². The number of benzene rings is 1. The zero-order valence-corrected chi connectivity index (χ0v) is 11.1. The van der Waals surface area contributed by atoms with Gasteiger partial charge in [0.15, 0.2) is 0 Å². The number of ether oxygens (including phenoxy) is 1. The molecule has 0 aliphatic rings. The van der Waals surface area contributed by atoms with Crippen LogP contribution in [0.3, 0.4) is 0 Å². The predicted molar refractivity (Wildman–Crippen MR) is 74.0 cm³/mol. The molecule has 0 radical (unpaired) electrons. The second-order valence-corrected chi connectivity index (χ2v) is 4.80. The molecule has 2 rings (SSSR count). The third-order valence-electron chi connectivity index (χ3n) is 2.94. The van der Waals surface area contributed by atoms with E-state index in [0.717, 1.165) is 30.5 Å². The Morgan fingerprint density at radius 3 is 2.78 bits per heavy atom. The lowest BCUT2D eigenvalue weighted by Gasteiger charge is -2.11. The van der Waals surface area contributed by atoms with Crippen LogP contribution in [0.4, 0.5) is 0 Å². The van der Waals surface area contributed by atoms with Gasteiger partial charge in [0.1, 0.15) is 5.75 Å².